The van der Waals surface area contributed by atoms with E-state index in [1.807, 2.05) is 13.0 Å². The van der Waals surface area contributed by atoms with Gasteiger partial charge in [0, 0.05) is 12.2 Å². The van der Waals surface area contributed by atoms with Crippen LogP contribution in [0.1, 0.15) is 26.1 Å². The summed E-state index contributed by atoms with van der Waals surface area (Å²) in [5.74, 6) is 1.72. The van der Waals surface area contributed by atoms with Crippen LogP contribution in [-0.4, -0.2) is 16.0 Å². The first-order valence-corrected chi connectivity index (χ1v) is 4.28. The van der Waals surface area contributed by atoms with E-state index < -0.39 is 0 Å². The lowest BCUT2D eigenvalue weighted by Crippen LogP contribution is -2.14. The van der Waals surface area contributed by atoms with E-state index in [9.17, 15) is 0 Å². The van der Waals surface area contributed by atoms with Crippen molar-refractivity contribution in [2.24, 2.45) is 0 Å². The normalized spacial score (nSPS) is 12.6. The molecule has 0 bridgehead atoms. The van der Waals surface area contributed by atoms with E-state index in [2.05, 4.69) is 29.1 Å². The predicted octanol–water partition coefficient (Wildman–Crippen LogP) is 2.00. The van der Waals surface area contributed by atoms with Crippen LogP contribution in [0, 0.1) is 6.92 Å². The molecule has 0 radical (unpaired) electrons. The van der Waals surface area contributed by atoms with E-state index in [0.717, 1.165) is 18.1 Å². The number of hydrogen-bond donors (Lipinski definition) is 1. The second-order valence-electron chi connectivity index (χ2n) is 2.94. The molecule has 12 heavy (non-hydrogen) atoms. The van der Waals surface area contributed by atoms with Gasteiger partial charge in [-0.15, -0.1) is 0 Å². The highest BCUT2D eigenvalue weighted by atomic mass is 15.0. The minimum atomic E-state index is 0.472. The van der Waals surface area contributed by atoms with Crippen molar-refractivity contribution in [3.63, 3.8) is 0 Å². The molecule has 1 atom stereocenters. The molecule has 0 aromatic carbocycles. The Balaban J connectivity index is 2.63. The molecule has 1 unspecified atom stereocenters. The first-order valence-electron chi connectivity index (χ1n) is 4.28. The monoisotopic (exact) mass is 165 g/mol. The van der Waals surface area contributed by atoms with E-state index in [0.29, 0.717) is 6.04 Å². The summed E-state index contributed by atoms with van der Waals surface area (Å²) in [6, 6.07) is 2.36. The highest BCUT2D eigenvalue weighted by Gasteiger charge is 1.99. The van der Waals surface area contributed by atoms with Gasteiger partial charge in [0.05, 0.1) is 0 Å². The maximum Gasteiger partial charge on any atom is 0.129 e. The molecule has 0 saturated carbocycles. The van der Waals surface area contributed by atoms with E-state index >= 15 is 0 Å². The van der Waals surface area contributed by atoms with Gasteiger partial charge in [0.25, 0.3) is 0 Å². The molecule has 1 aromatic heterocycles. The average Bonchev–Trinajstić information content (AvgIpc) is 2.04. The van der Waals surface area contributed by atoms with Crippen LogP contribution in [0.5, 0.6) is 0 Å². The van der Waals surface area contributed by atoms with Crippen LogP contribution in [0.15, 0.2) is 12.3 Å². The number of anilines is 1. The van der Waals surface area contributed by atoms with E-state index in [1.165, 1.54) is 0 Å². The van der Waals surface area contributed by atoms with Crippen LogP contribution >= 0.6 is 0 Å². The van der Waals surface area contributed by atoms with Gasteiger partial charge in [-0.05, 0) is 26.3 Å². The molecule has 66 valence electrons. The molecule has 0 amide bonds. The summed E-state index contributed by atoms with van der Waals surface area (Å²) in [7, 11) is 0. The average molecular weight is 165 g/mol. The van der Waals surface area contributed by atoms with Crippen molar-refractivity contribution in [1.82, 2.24) is 9.97 Å². The summed E-state index contributed by atoms with van der Waals surface area (Å²) >= 11 is 0. The summed E-state index contributed by atoms with van der Waals surface area (Å²) in [6.45, 7) is 6.17. The first kappa shape index (κ1) is 8.97. The minimum Gasteiger partial charge on any atom is -0.368 e. The lowest BCUT2D eigenvalue weighted by atomic mass is 10.2. The smallest absolute Gasteiger partial charge is 0.129 e. The third-order valence-electron chi connectivity index (χ3n) is 1.78. The van der Waals surface area contributed by atoms with Gasteiger partial charge in [0.2, 0.25) is 0 Å². The molecule has 1 rings (SSSR count). The Morgan fingerprint density at radius 3 is 2.92 bits per heavy atom. The standard InChI is InChI=1S/C9H15N3/c1-4-7(2)11-9-5-6-10-8(3)12-9/h5-7H,4H2,1-3H3,(H,10,11,12). The van der Waals surface area contributed by atoms with Crippen molar-refractivity contribution in [3.8, 4) is 0 Å². The number of nitrogens with zero attached hydrogens (tertiary/aromatic N) is 2. The fraction of sp³-hybridized carbons (Fsp3) is 0.556. The molecule has 1 N–H and O–H groups in total. The van der Waals surface area contributed by atoms with Crippen molar-refractivity contribution >= 4 is 5.82 Å². The zero-order valence-corrected chi connectivity index (χ0v) is 7.83. The fourth-order valence-electron chi connectivity index (χ4n) is 0.891. The van der Waals surface area contributed by atoms with Crippen molar-refractivity contribution in [2.75, 3.05) is 5.32 Å². The Kier molecular flexibility index (Phi) is 3.02. The third kappa shape index (κ3) is 2.49. The lowest BCUT2D eigenvalue weighted by Gasteiger charge is -2.11. The zero-order chi connectivity index (χ0) is 8.97. The molecule has 1 aromatic rings. The van der Waals surface area contributed by atoms with Crippen molar-refractivity contribution in [1.29, 1.82) is 0 Å². The number of aryl methyl sites for hydroxylation is 1. The molecule has 1 heterocycles. The van der Waals surface area contributed by atoms with E-state index in [-0.39, 0.29) is 0 Å². The Hall–Kier alpha value is -1.12. The molecule has 0 aliphatic rings. The maximum absolute atomic E-state index is 4.24. The second kappa shape index (κ2) is 4.04. The molecule has 0 fully saturated rings. The summed E-state index contributed by atoms with van der Waals surface area (Å²) in [5.41, 5.74) is 0. The SMILES string of the molecule is CCC(C)Nc1ccnc(C)n1. The minimum absolute atomic E-state index is 0.472. The molecular weight excluding hydrogens is 150 g/mol. The number of hydrogen-bond acceptors (Lipinski definition) is 3. The first-order chi connectivity index (χ1) is 5.72. The summed E-state index contributed by atoms with van der Waals surface area (Å²) in [4.78, 5) is 8.26. The summed E-state index contributed by atoms with van der Waals surface area (Å²) in [5, 5.41) is 3.28. The van der Waals surface area contributed by atoms with Crippen LogP contribution in [0.25, 0.3) is 0 Å². The van der Waals surface area contributed by atoms with Gasteiger partial charge >= 0.3 is 0 Å². The van der Waals surface area contributed by atoms with E-state index in [1.54, 1.807) is 6.20 Å². The van der Waals surface area contributed by atoms with Crippen molar-refractivity contribution in [2.45, 2.75) is 33.2 Å². The predicted molar refractivity (Wildman–Crippen MR) is 50.1 cm³/mol. The zero-order valence-electron chi connectivity index (χ0n) is 7.83. The molecular formula is C9H15N3. The van der Waals surface area contributed by atoms with Crippen LogP contribution in [-0.2, 0) is 0 Å². The quantitative estimate of drug-likeness (QED) is 0.744. The van der Waals surface area contributed by atoms with Crippen LogP contribution < -0.4 is 5.32 Å². The van der Waals surface area contributed by atoms with Crippen LogP contribution in [0.2, 0.25) is 0 Å². The van der Waals surface area contributed by atoms with Gasteiger partial charge in [-0.3, -0.25) is 0 Å². The molecule has 3 nitrogen and oxygen atoms in total. The number of nitrogens with one attached hydrogen (secondary N) is 1. The second-order valence-corrected chi connectivity index (χ2v) is 2.94. The van der Waals surface area contributed by atoms with Crippen molar-refractivity contribution < 1.29 is 0 Å². The number of aromatic nitrogens is 2. The van der Waals surface area contributed by atoms with Crippen molar-refractivity contribution in [3.05, 3.63) is 18.1 Å². The highest BCUT2D eigenvalue weighted by molar-refractivity contribution is 5.33. The number of rotatable bonds is 3. The molecule has 0 aliphatic heterocycles. The molecule has 3 heteroatoms. The Labute approximate surface area is 73.2 Å². The Bertz CT molecular complexity index is 247. The van der Waals surface area contributed by atoms with Gasteiger partial charge in [-0.1, -0.05) is 6.92 Å². The topological polar surface area (TPSA) is 37.8 Å². The Morgan fingerprint density at radius 2 is 2.33 bits per heavy atom. The van der Waals surface area contributed by atoms with Gasteiger partial charge in [0.15, 0.2) is 0 Å². The van der Waals surface area contributed by atoms with Gasteiger partial charge < -0.3 is 5.32 Å². The molecule has 0 saturated heterocycles. The van der Waals surface area contributed by atoms with Gasteiger partial charge in [0.1, 0.15) is 11.6 Å². The largest absolute Gasteiger partial charge is 0.368 e. The van der Waals surface area contributed by atoms with Gasteiger partial charge in [-0.25, -0.2) is 9.97 Å². The molecule has 0 aliphatic carbocycles. The highest BCUT2D eigenvalue weighted by Crippen LogP contribution is 2.04. The van der Waals surface area contributed by atoms with E-state index in [4.69, 9.17) is 0 Å². The fourth-order valence-corrected chi connectivity index (χ4v) is 0.891. The van der Waals surface area contributed by atoms with Crippen LogP contribution in [0.3, 0.4) is 0 Å². The Morgan fingerprint density at radius 1 is 1.58 bits per heavy atom. The lowest BCUT2D eigenvalue weighted by molar-refractivity contribution is 0.757. The third-order valence-corrected chi connectivity index (χ3v) is 1.78. The maximum atomic E-state index is 4.24. The van der Waals surface area contributed by atoms with Gasteiger partial charge in [-0.2, -0.15) is 0 Å². The molecule has 0 spiro atoms. The summed E-state index contributed by atoms with van der Waals surface area (Å²) in [6.07, 6.45) is 2.87. The summed E-state index contributed by atoms with van der Waals surface area (Å²) < 4.78 is 0. The van der Waals surface area contributed by atoms with Crippen LogP contribution in [0.4, 0.5) is 5.82 Å².